The van der Waals surface area contributed by atoms with Crippen molar-refractivity contribution in [1.82, 2.24) is 15.0 Å². The Morgan fingerprint density at radius 3 is 2.67 bits per heavy atom. The van der Waals surface area contributed by atoms with E-state index in [-0.39, 0.29) is 17.3 Å². The smallest absolute Gasteiger partial charge is 0.322 e. The predicted octanol–water partition coefficient (Wildman–Crippen LogP) is 2.15. The Morgan fingerprint density at radius 1 is 1.28 bits per heavy atom. The number of nitrogens with one attached hydrogen (secondary N) is 1. The largest absolute Gasteiger partial charge is 0.463 e. The predicted molar refractivity (Wildman–Crippen MR) is 70.2 cm³/mol. The van der Waals surface area contributed by atoms with Gasteiger partial charge in [-0.25, -0.2) is 0 Å². The molecule has 0 radical (unpaired) electrons. The summed E-state index contributed by atoms with van der Waals surface area (Å²) in [5.74, 6) is 0.407. The lowest BCUT2D eigenvalue weighted by atomic mass is 10.2. The number of methoxy groups -OCH3 is 1. The average molecular weight is 275 g/mol. The first-order chi connectivity index (χ1) is 8.69. The third-order valence-corrected chi connectivity index (χ3v) is 2.39. The molecule has 0 aliphatic heterocycles. The van der Waals surface area contributed by atoms with E-state index >= 15 is 0 Å². The summed E-state index contributed by atoms with van der Waals surface area (Å²) >= 11 is 5.82. The van der Waals surface area contributed by atoms with Crippen molar-refractivity contribution in [2.75, 3.05) is 25.6 Å². The van der Waals surface area contributed by atoms with Gasteiger partial charge in [-0.05, 0) is 24.4 Å². The monoisotopic (exact) mass is 274 g/mol. The molecule has 0 aliphatic rings. The van der Waals surface area contributed by atoms with Gasteiger partial charge >= 0.3 is 6.01 Å². The zero-order valence-corrected chi connectivity index (χ0v) is 11.7. The van der Waals surface area contributed by atoms with Gasteiger partial charge in [-0.3, -0.25) is 0 Å². The van der Waals surface area contributed by atoms with Gasteiger partial charge < -0.3 is 14.8 Å². The minimum Gasteiger partial charge on any atom is -0.463 e. The quantitative estimate of drug-likeness (QED) is 0.783. The number of ether oxygens (including phenoxy) is 2. The van der Waals surface area contributed by atoms with Crippen LogP contribution in [0.5, 0.6) is 6.01 Å². The number of aromatic nitrogens is 3. The molecule has 7 heteroatoms. The van der Waals surface area contributed by atoms with E-state index < -0.39 is 0 Å². The highest BCUT2D eigenvalue weighted by Crippen LogP contribution is 2.13. The fourth-order valence-corrected chi connectivity index (χ4v) is 1.45. The number of nitrogens with zero attached hydrogens (tertiary/aromatic N) is 3. The Morgan fingerprint density at radius 2 is 2.06 bits per heavy atom. The van der Waals surface area contributed by atoms with Crippen molar-refractivity contribution < 1.29 is 9.47 Å². The van der Waals surface area contributed by atoms with Crippen LogP contribution in [-0.4, -0.2) is 41.3 Å². The van der Waals surface area contributed by atoms with E-state index in [0.717, 1.165) is 12.8 Å². The SMILES string of the molecule is CCCOc1nc(Cl)nc(NC(CC)COC)n1. The van der Waals surface area contributed by atoms with Gasteiger partial charge in [0.25, 0.3) is 0 Å². The maximum atomic E-state index is 5.82. The second-order valence-electron chi connectivity index (χ2n) is 3.76. The second kappa shape index (κ2) is 8.05. The van der Waals surface area contributed by atoms with Gasteiger partial charge in [0, 0.05) is 7.11 Å². The van der Waals surface area contributed by atoms with Crippen LogP contribution in [0.3, 0.4) is 0 Å². The van der Waals surface area contributed by atoms with Gasteiger partial charge in [0.15, 0.2) is 0 Å². The Balaban J connectivity index is 2.71. The average Bonchev–Trinajstić information content (AvgIpc) is 2.35. The first-order valence-corrected chi connectivity index (χ1v) is 6.37. The summed E-state index contributed by atoms with van der Waals surface area (Å²) in [5.41, 5.74) is 0. The molecule has 0 aromatic carbocycles. The van der Waals surface area contributed by atoms with Crippen molar-refractivity contribution in [3.63, 3.8) is 0 Å². The maximum absolute atomic E-state index is 5.82. The Hall–Kier alpha value is -1.14. The molecule has 6 nitrogen and oxygen atoms in total. The first kappa shape index (κ1) is 14.9. The third kappa shape index (κ3) is 5.01. The fraction of sp³-hybridized carbons (Fsp3) is 0.727. The molecule has 0 fully saturated rings. The summed E-state index contributed by atoms with van der Waals surface area (Å²) in [7, 11) is 1.65. The summed E-state index contributed by atoms with van der Waals surface area (Å²) in [6.45, 7) is 5.18. The Kier molecular flexibility index (Phi) is 6.67. The molecule has 0 bridgehead atoms. The van der Waals surface area contributed by atoms with Crippen LogP contribution in [0.15, 0.2) is 0 Å². The molecule has 1 rings (SSSR count). The van der Waals surface area contributed by atoms with E-state index in [9.17, 15) is 0 Å². The van der Waals surface area contributed by atoms with Crippen molar-refractivity contribution in [2.24, 2.45) is 0 Å². The van der Waals surface area contributed by atoms with Crippen molar-refractivity contribution >= 4 is 17.5 Å². The molecule has 1 heterocycles. The van der Waals surface area contributed by atoms with Crippen LogP contribution in [0.1, 0.15) is 26.7 Å². The molecule has 0 spiro atoms. The van der Waals surface area contributed by atoms with E-state index in [1.807, 2.05) is 13.8 Å². The lowest BCUT2D eigenvalue weighted by molar-refractivity contribution is 0.184. The van der Waals surface area contributed by atoms with Crippen LogP contribution >= 0.6 is 11.6 Å². The summed E-state index contributed by atoms with van der Waals surface area (Å²) in [6.07, 6.45) is 1.77. The van der Waals surface area contributed by atoms with Gasteiger partial charge in [-0.1, -0.05) is 13.8 Å². The maximum Gasteiger partial charge on any atom is 0.322 e. The fourth-order valence-electron chi connectivity index (χ4n) is 1.30. The molecule has 1 aromatic heterocycles. The van der Waals surface area contributed by atoms with Crippen molar-refractivity contribution in [3.05, 3.63) is 5.28 Å². The second-order valence-corrected chi connectivity index (χ2v) is 4.10. The molecular weight excluding hydrogens is 256 g/mol. The molecule has 0 saturated carbocycles. The molecule has 18 heavy (non-hydrogen) atoms. The van der Waals surface area contributed by atoms with Crippen LogP contribution in [-0.2, 0) is 4.74 Å². The van der Waals surface area contributed by atoms with E-state index in [2.05, 4.69) is 20.3 Å². The van der Waals surface area contributed by atoms with Crippen molar-refractivity contribution in [1.29, 1.82) is 0 Å². The van der Waals surface area contributed by atoms with Gasteiger partial charge in [-0.15, -0.1) is 0 Å². The zero-order chi connectivity index (χ0) is 13.4. The molecule has 1 unspecified atom stereocenters. The van der Waals surface area contributed by atoms with Crippen molar-refractivity contribution in [3.8, 4) is 6.01 Å². The minimum atomic E-state index is 0.117. The molecule has 102 valence electrons. The number of hydrogen-bond acceptors (Lipinski definition) is 6. The van der Waals surface area contributed by atoms with Crippen LogP contribution in [0, 0.1) is 0 Å². The van der Waals surface area contributed by atoms with Crippen LogP contribution in [0.4, 0.5) is 5.95 Å². The molecule has 0 amide bonds. The number of rotatable bonds is 8. The van der Waals surface area contributed by atoms with E-state index in [4.69, 9.17) is 21.1 Å². The lowest BCUT2D eigenvalue weighted by Gasteiger charge is -2.15. The highest BCUT2D eigenvalue weighted by Gasteiger charge is 2.10. The lowest BCUT2D eigenvalue weighted by Crippen LogP contribution is -2.25. The van der Waals surface area contributed by atoms with Crippen molar-refractivity contribution in [2.45, 2.75) is 32.7 Å². The molecule has 0 aliphatic carbocycles. The van der Waals surface area contributed by atoms with Gasteiger partial charge in [-0.2, -0.15) is 15.0 Å². The summed E-state index contributed by atoms with van der Waals surface area (Å²) in [6, 6.07) is 0.374. The number of hydrogen-bond donors (Lipinski definition) is 1. The molecule has 1 N–H and O–H groups in total. The van der Waals surface area contributed by atoms with E-state index in [1.165, 1.54) is 0 Å². The van der Waals surface area contributed by atoms with Gasteiger partial charge in [0.2, 0.25) is 11.2 Å². The highest BCUT2D eigenvalue weighted by molar-refractivity contribution is 6.28. The third-order valence-electron chi connectivity index (χ3n) is 2.22. The van der Waals surface area contributed by atoms with E-state index in [0.29, 0.717) is 19.2 Å². The first-order valence-electron chi connectivity index (χ1n) is 5.99. The summed E-state index contributed by atoms with van der Waals surface area (Å²) in [4.78, 5) is 12.1. The zero-order valence-electron chi connectivity index (χ0n) is 10.9. The van der Waals surface area contributed by atoms with Gasteiger partial charge in [0.05, 0.1) is 19.3 Å². The van der Waals surface area contributed by atoms with Crippen LogP contribution in [0.25, 0.3) is 0 Å². The van der Waals surface area contributed by atoms with Crippen LogP contribution < -0.4 is 10.1 Å². The number of halogens is 1. The normalized spacial score (nSPS) is 12.2. The Labute approximate surface area is 112 Å². The summed E-state index contributed by atoms with van der Waals surface area (Å²) in [5, 5.41) is 3.25. The topological polar surface area (TPSA) is 69.2 Å². The Bertz CT molecular complexity index is 365. The van der Waals surface area contributed by atoms with Gasteiger partial charge in [0.1, 0.15) is 0 Å². The summed E-state index contributed by atoms with van der Waals surface area (Å²) < 4.78 is 10.4. The molecular formula is C11H19ClN4O2. The molecule has 1 aromatic rings. The number of anilines is 1. The highest BCUT2D eigenvalue weighted by atomic mass is 35.5. The van der Waals surface area contributed by atoms with E-state index in [1.54, 1.807) is 7.11 Å². The standard InChI is InChI=1S/C11H19ClN4O2/c1-4-6-18-11-15-9(12)14-10(16-11)13-8(5-2)7-17-3/h8H,4-7H2,1-3H3,(H,13,14,15,16). The molecule has 1 atom stereocenters. The van der Waals surface area contributed by atoms with Crippen LogP contribution in [0.2, 0.25) is 5.28 Å². The molecule has 0 saturated heterocycles. The minimum absolute atomic E-state index is 0.117.